The largest absolute Gasteiger partial charge is 0.388 e. The van der Waals surface area contributed by atoms with E-state index in [1.165, 1.54) is 6.07 Å². The zero-order valence-corrected chi connectivity index (χ0v) is 10.9. The lowest BCUT2D eigenvalue weighted by atomic mass is 10.1. The van der Waals surface area contributed by atoms with Gasteiger partial charge < -0.3 is 9.67 Å². The number of halogens is 2. The van der Waals surface area contributed by atoms with Crippen LogP contribution in [0.2, 0.25) is 0 Å². The third-order valence-electron chi connectivity index (χ3n) is 2.63. The van der Waals surface area contributed by atoms with Gasteiger partial charge in [-0.05, 0) is 33.6 Å². The van der Waals surface area contributed by atoms with Crippen LogP contribution in [0.15, 0.2) is 35.1 Å². The number of aromatic nitrogens is 2. The van der Waals surface area contributed by atoms with Crippen molar-refractivity contribution in [2.24, 2.45) is 7.05 Å². The van der Waals surface area contributed by atoms with Crippen molar-refractivity contribution in [3.8, 4) is 0 Å². The maximum absolute atomic E-state index is 13.3. The lowest BCUT2D eigenvalue weighted by Gasteiger charge is -2.11. The number of benzene rings is 1. The molecule has 0 saturated carbocycles. The first-order chi connectivity index (χ1) is 8.08. The molecule has 0 fully saturated rings. The second-order valence-electron chi connectivity index (χ2n) is 3.85. The van der Waals surface area contributed by atoms with Crippen LogP contribution >= 0.6 is 15.9 Å². The summed E-state index contributed by atoms with van der Waals surface area (Å²) in [5.74, 6) is 0.391. The average molecular weight is 299 g/mol. The summed E-state index contributed by atoms with van der Waals surface area (Å²) in [6, 6.07) is 4.62. The molecule has 5 heteroatoms. The molecule has 3 nitrogen and oxygen atoms in total. The Hall–Kier alpha value is -1.20. The van der Waals surface area contributed by atoms with Crippen LogP contribution in [-0.2, 0) is 13.5 Å². The van der Waals surface area contributed by atoms with Gasteiger partial charge in [0, 0.05) is 25.9 Å². The fourth-order valence-electron chi connectivity index (χ4n) is 1.60. The molecule has 0 aliphatic heterocycles. The molecular formula is C12H12BrFN2O. The Balaban J connectivity index is 2.17. The van der Waals surface area contributed by atoms with Crippen LogP contribution in [-0.4, -0.2) is 14.7 Å². The number of rotatable bonds is 3. The van der Waals surface area contributed by atoms with Gasteiger partial charge in [-0.15, -0.1) is 0 Å². The quantitative estimate of drug-likeness (QED) is 0.946. The zero-order valence-electron chi connectivity index (χ0n) is 9.27. The molecule has 17 heavy (non-hydrogen) atoms. The van der Waals surface area contributed by atoms with Crippen molar-refractivity contribution in [1.29, 1.82) is 0 Å². The number of aliphatic hydroxyl groups is 1. The van der Waals surface area contributed by atoms with Gasteiger partial charge >= 0.3 is 0 Å². The topological polar surface area (TPSA) is 38.0 Å². The van der Waals surface area contributed by atoms with E-state index in [2.05, 4.69) is 20.9 Å². The van der Waals surface area contributed by atoms with Gasteiger partial charge in [-0.25, -0.2) is 9.37 Å². The predicted octanol–water partition coefficient (Wildman–Crippen LogP) is 2.60. The highest BCUT2D eigenvalue weighted by Crippen LogP contribution is 2.22. The van der Waals surface area contributed by atoms with E-state index in [0.29, 0.717) is 16.5 Å². The molecule has 1 atom stereocenters. The van der Waals surface area contributed by atoms with Gasteiger partial charge in [-0.3, -0.25) is 0 Å². The minimum absolute atomic E-state index is 0.366. The Bertz CT molecular complexity index is 527. The van der Waals surface area contributed by atoms with Gasteiger partial charge in [-0.1, -0.05) is 6.07 Å². The Kier molecular flexibility index (Phi) is 3.59. The number of hydrogen-bond acceptors (Lipinski definition) is 2. The zero-order chi connectivity index (χ0) is 12.4. The molecule has 0 aliphatic rings. The Morgan fingerprint density at radius 2 is 2.29 bits per heavy atom. The molecule has 0 spiro atoms. The summed E-state index contributed by atoms with van der Waals surface area (Å²) >= 11 is 3.08. The molecule has 0 bridgehead atoms. The second-order valence-corrected chi connectivity index (χ2v) is 4.70. The number of hydrogen-bond donors (Lipinski definition) is 1. The first-order valence-corrected chi connectivity index (χ1v) is 5.96. The molecule has 1 heterocycles. The van der Waals surface area contributed by atoms with Crippen LogP contribution in [0.5, 0.6) is 0 Å². The molecule has 1 unspecified atom stereocenters. The highest BCUT2D eigenvalue weighted by Gasteiger charge is 2.13. The summed E-state index contributed by atoms with van der Waals surface area (Å²) in [4.78, 5) is 4.12. The van der Waals surface area contributed by atoms with Crippen LogP contribution < -0.4 is 0 Å². The minimum atomic E-state index is -0.751. The van der Waals surface area contributed by atoms with Crippen LogP contribution in [0, 0.1) is 5.82 Å². The number of aliphatic hydroxyl groups excluding tert-OH is 1. The van der Waals surface area contributed by atoms with Crippen LogP contribution in [0.3, 0.4) is 0 Å². The van der Waals surface area contributed by atoms with Crippen molar-refractivity contribution >= 4 is 15.9 Å². The van der Waals surface area contributed by atoms with Crippen molar-refractivity contribution in [1.82, 2.24) is 9.55 Å². The molecule has 0 saturated heterocycles. The van der Waals surface area contributed by atoms with E-state index in [4.69, 9.17) is 0 Å². The SMILES string of the molecule is Cn1ccnc1CC(O)c1ccc(Br)c(F)c1. The maximum Gasteiger partial charge on any atom is 0.137 e. The maximum atomic E-state index is 13.3. The number of aryl methyl sites for hydroxylation is 1. The monoisotopic (exact) mass is 298 g/mol. The first-order valence-electron chi connectivity index (χ1n) is 5.17. The smallest absolute Gasteiger partial charge is 0.137 e. The summed E-state index contributed by atoms with van der Waals surface area (Å²) < 4.78 is 15.5. The Morgan fingerprint density at radius 1 is 1.53 bits per heavy atom. The van der Waals surface area contributed by atoms with E-state index in [1.807, 2.05) is 17.8 Å². The van der Waals surface area contributed by atoms with E-state index in [9.17, 15) is 9.50 Å². The van der Waals surface area contributed by atoms with Gasteiger partial charge in [-0.2, -0.15) is 0 Å². The molecule has 0 amide bonds. The molecule has 0 radical (unpaired) electrons. The van der Waals surface area contributed by atoms with E-state index in [0.717, 1.165) is 5.82 Å². The molecule has 2 rings (SSSR count). The molecule has 2 aromatic rings. The summed E-state index contributed by atoms with van der Waals surface area (Å²) in [6.45, 7) is 0. The lowest BCUT2D eigenvalue weighted by molar-refractivity contribution is 0.174. The second kappa shape index (κ2) is 4.98. The van der Waals surface area contributed by atoms with Crippen molar-refractivity contribution in [3.63, 3.8) is 0 Å². The third-order valence-corrected chi connectivity index (χ3v) is 3.27. The van der Waals surface area contributed by atoms with Crippen molar-refractivity contribution in [3.05, 3.63) is 52.3 Å². The molecule has 0 aliphatic carbocycles. The van der Waals surface area contributed by atoms with Crippen molar-refractivity contribution in [2.45, 2.75) is 12.5 Å². The molecule has 1 aromatic heterocycles. The lowest BCUT2D eigenvalue weighted by Crippen LogP contribution is -2.07. The predicted molar refractivity (Wildman–Crippen MR) is 66.0 cm³/mol. The first kappa shape index (κ1) is 12.3. The van der Waals surface area contributed by atoms with Gasteiger partial charge in [0.05, 0.1) is 10.6 Å². The van der Waals surface area contributed by atoms with Crippen LogP contribution in [0.4, 0.5) is 4.39 Å². The van der Waals surface area contributed by atoms with Crippen molar-refractivity contribution in [2.75, 3.05) is 0 Å². The molecular weight excluding hydrogens is 287 g/mol. The van der Waals surface area contributed by atoms with Gasteiger partial charge in [0.2, 0.25) is 0 Å². The molecule has 1 N–H and O–H groups in total. The summed E-state index contributed by atoms with van der Waals surface area (Å²) in [5.41, 5.74) is 0.550. The normalized spacial score (nSPS) is 12.7. The van der Waals surface area contributed by atoms with E-state index in [-0.39, 0.29) is 5.82 Å². The Morgan fingerprint density at radius 3 is 2.88 bits per heavy atom. The van der Waals surface area contributed by atoms with Gasteiger partial charge in [0.25, 0.3) is 0 Å². The van der Waals surface area contributed by atoms with Crippen LogP contribution in [0.1, 0.15) is 17.5 Å². The summed E-state index contributed by atoms with van der Waals surface area (Å²) in [7, 11) is 1.86. The number of imidazole rings is 1. The van der Waals surface area contributed by atoms with Gasteiger partial charge in [0.1, 0.15) is 11.6 Å². The third kappa shape index (κ3) is 2.73. The van der Waals surface area contributed by atoms with E-state index < -0.39 is 6.10 Å². The highest BCUT2D eigenvalue weighted by molar-refractivity contribution is 9.10. The number of nitrogens with zero attached hydrogens (tertiary/aromatic N) is 2. The molecule has 1 aromatic carbocycles. The van der Waals surface area contributed by atoms with Crippen molar-refractivity contribution < 1.29 is 9.50 Å². The fraction of sp³-hybridized carbons (Fsp3) is 0.250. The fourth-order valence-corrected chi connectivity index (χ4v) is 1.85. The van der Waals surface area contributed by atoms with E-state index in [1.54, 1.807) is 18.3 Å². The highest BCUT2D eigenvalue weighted by atomic mass is 79.9. The van der Waals surface area contributed by atoms with Crippen LogP contribution in [0.25, 0.3) is 0 Å². The Labute approximate surface area is 107 Å². The average Bonchev–Trinajstić information content (AvgIpc) is 2.68. The van der Waals surface area contributed by atoms with E-state index >= 15 is 0 Å². The summed E-state index contributed by atoms with van der Waals surface area (Å²) in [5, 5.41) is 10.00. The standard InChI is InChI=1S/C12H12BrFN2O/c1-16-5-4-15-12(16)7-11(17)8-2-3-9(13)10(14)6-8/h2-6,11,17H,7H2,1H3. The molecule has 90 valence electrons. The summed E-state index contributed by atoms with van der Waals surface area (Å²) in [6.07, 6.45) is 3.10. The van der Waals surface area contributed by atoms with Gasteiger partial charge in [0.15, 0.2) is 0 Å². The minimum Gasteiger partial charge on any atom is -0.388 e.